The van der Waals surface area contributed by atoms with Crippen molar-refractivity contribution >= 4 is 32.7 Å². The lowest BCUT2D eigenvalue weighted by Gasteiger charge is -2.25. The highest BCUT2D eigenvalue weighted by molar-refractivity contribution is 7.88. The molecule has 1 aromatic carbocycles. The molecule has 0 saturated carbocycles. The smallest absolute Gasteiger partial charge is 0.465 e. The molecule has 2 aromatic rings. The van der Waals surface area contributed by atoms with Crippen LogP contribution in [0, 0.1) is 0 Å². The molecule has 0 amide bonds. The minimum absolute atomic E-state index is 0.0426. The summed E-state index contributed by atoms with van der Waals surface area (Å²) < 4.78 is 70.5. The van der Waals surface area contributed by atoms with Crippen LogP contribution in [0.2, 0.25) is 0 Å². The van der Waals surface area contributed by atoms with E-state index in [0.717, 1.165) is 12.8 Å². The van der Waals surface area contributed by atoms with Gasteiger partial charge in [-0.25, -0.2) is 9.78 Å². The van der Waals surface area contributed by atoms with E-state index in [1.54, 1.807) is 4.90 Å². The first-order valence-corrected chi connectivity index (χ1v) is 9.75. The fourth-order valence-corrected chi connectivity index (χ4v) is 3.53. The van der Waals surface area contributed by atoms with Gasteiger partial charge in [0.2, 0.25) is 0 Å². The standard InChI is InChI=1S/C17H17F3N2O5S/c1-10-4-3-7-22(10)14-9-12-8-11(16(23)26-2)5-6-13(12)21-15(14)27-28(24,25)17(18,19)20/h5-6,8-10H,3-4,7H2,1-2H3/t10-/m0/s1. The SMILES string of the molecule is COC(=O)c1ccc2nc(OS(=O)(=O)C(F)(F)F)c(N3CCC[C@@H]3C)cc2c1. The molecule has 0 aliphatic carbocycles. The number of nitrogens with zero attached hydrogens (tertiary/aromatic N) is 2. The lowest BCUT2D eigenvalue weighted by molar-refractivity contribution is -0.0501. The van der Waals surface area contributed by atoms with Crippen molar-refractivity contribution in [1.82, 2.24) is 4.98 Å². The fourth-order valence-electron chi connectivity index (χ4n) is 3.10. The molecule has 11 heteroatoms. The first kappa shape index (κ1) is 20.2. The van der Waals surface area contributed by atoms with Crippen LogP contribution in [-0.2, 0) is 14.9 Å². The number of rotatable bonds is 4. The van der Waals surface area contributed by atoms with Gasteiger partial charge < -0.3 is 13.8 Å². The van der Waals surface area contributed by atoms with Gasteiger partial charge in [0.25, 0.3) is 5.88 Å². The summed E-state index contributed by atoms with van der Waals surface area (Å²) in [5, 5.41) is 0.439. The first-order valence-electron chi connectivity index (χ1n) is 8.34. The number of pyridine rings is 1. The van der Waals surface area contributed by atoms with Gasteiger partial charge in [0.05, 0.1) is 18.2 Å². The van der Waals surface area contributed by atoms with E-state index < -0.39 is 27.5 Å². The minimum Gasteiger partial charge on any atom is -0.465 e. The molecule has 2 heterocycles. The number of benzene rings is 1. The molecule has 3 rings (SSSR count). The van der Waals surface area contributed by atoms with Crippen LogP contribution in [0.15, 0.2) is 24.3 Å². The summed E-state index contributed by atoms with van der Waals surface area (Å²) in [7, 11) is -4.65. The van der Waals surface area contributed by atoms with Crippen molar-refractivity contribution < 1.29 is 35.3 Å². The highest BCUT2D eigenvalue weighted by Crippen LogP contribution is 2.37. The molecular formula is C17H17F3N2O5S. The number of halogens is 3. The number of carbonyl (C=O) groups excluding carboxylic acids is 1. The van der Waals surface area contributed by atoms with E-state index in [2.05, 4.69) is 13.9 Å². The molecule has 0 radical (unpaired) electrons. The van der Waals surface area contributed by atoms with Crippen molar-refractivity contribution in [2.24, 2.45) is 0 Å². The number of fused-ring (bicyclic) bond motifs is 1. The van der Waals surface area contributed by atoms with Crippen LogP contribution in [0.5, 0.6) is 5.88 Å². The van der Waals surface area contributed by atoms with Crippen LogP contribution in [0.3, 0.4) is 0 Å². The highest BCUT2D eigenvalue weighted by atomic mass is 32.2. The maximum atomic E-state index is 12.8. The molecule has 1 aromatic heterocycles. The van der Waals surface area contributed by atoms with Gasteiger partial charge in [-0.05, 0) is 44.0 Å². The summed E-state index contributed by atoms with van der Waals surface area (Å²) >= 11 is 0. The van der Waals surface area contributed by atoms with Gasteiger partial charge in [0, 0.05) is 18.0 Å². The molecule has 1 aliphatic rings. The third-order valence-corrected chi connectivity index (χ3v) is 5.46. The second kappa shape index (κ2) is 7.12. The summed E-state index contributed by atoms with van der Waals surface area (Å²) in [4.78, 5) is 17.5. The number of carbonyl (C=O) groups is 1. The summed E-state index contributed by atoms with van der Waals surface area (Å²) in [6.07, 6.45) is 1.57. The van der Waals surface area contributed by atoms with Gasteiger partial charge in [-0.1, -0.05) is 0 Å². The average Bonchev–Trinajstić information content (AvgIpc) is 3.04. The zero-order chi connectivity index (χ0) is 20.7. The number of ether oxygens (including phenoxy) is 1. The Hall–Kier alpha value is -2.56. The van der Waals surface area contributed by atoms with Crippen LogP contribution < -0.4 is 9.08 Å². The summed E-state index contributed by atoms with van der Waals surface area (Å²) in [5.41, 5.74) is -5.05. The Kier molecular flexibility index (Phi) is 5.13. The van der Waals surface area contributed by atoms with Crippen LogP contribution in [0.25, 0.3) is 10.9 Å². The maximum Gasteiger partial charge on any atom is 0.534 e. The van der Waals surface area contributed by atoms with Crippen LogP contribution >= 0.6 is 0 Å². The van der Waals surface area contributed by atoms with Crippen molar-refractivity contribution in [3.63, 3.8) is 0 Å². The van der Waals surface area contributed by atoms with E-state index in [1.165, 1.54) is 31.4 Å². The Morgan fingerprint density at radius 1 is 1.29 bits per heavy atom. The lowest BCUT2D eigenvalue weighted by atomic mass is 10.1. The highest BCUT2D eigenvalue weighted by Gasteiger charge is 2.49. The molecule has 0 unspecified atom stereocenters. The van der Waals surface area contributed by atoms with Gasteiger partial charge in [0.15, 0.2) is 0 Å². The molecule has 1 fully saturated rings. The zero-order valence-corrected chi connectivity index (χ0v) is 15.8. The number of esters is 1. The van der Waals surface area contributed by atoms with E-state index in [9.17, 15) is 26.4 Å². The minimum atomic E-state index is -5.88. The Morgan fingerprint density at radius 2 is 2.00 bits per heavy atom. The van der Waals surface area contributed by atoms with E-state index in [0.29, 0.717) is 11.9 Å². The van der Waals surface area contributed by atoms with Crippen LogP contribution in [0.4, 0.5) is 18.9 Å². The summed E-state index contributed by atoms with van der Waals surface area (Å²) in [6.45, 7) is 2.37. The number of alkyl halides is 3. The molecule has 28 heavy (non-hydrogen) atoms. The van der Waals surface area contributed by atoms with Crippen molar-refractivity contribution in [3.05, 3.63) is 29.8 Å². The van der Waals surface area contributed by atoms with Crippen molar-refractivity contribution in [1.29, 1.82) is 0 Å². The Morgan fingerprint density at radius 3 is 2.57 bits per heavy atom. The van der Waals surface area contributed by atoms with Crippen LogP contribution in [-0.4, -0.2) is 44.6 Å². The van der Waals surface area contributed by atoms with E-state index >= 15 is 0 Å². The van der Waals surface area contributed by atoms with Gasteiger partial charge in [-0.3, -0.25) is 0 Å². The fraction of sp³-hybridized carbons (Fsp3) is 0.412. The van der Waals surface area contributed by atoms with Crippen molar-refractivity contribution in [2.45, 2.75) is 31.3 Å². The average molecular weight is 418 g/mol. The number of aromatic nitrogens is 1. The quantitative estimate of drug-likeness (QED) is 0.428. The Labute approximate surface area is 159 Å². The molecule has 152 valence electrons. The largest absolute Gasteiger partial charge is 0.534 e. The topological polar surface area (TPSA) is 85.8 Å². The molecule has 0 N–H and O–H groups in total. The molecule has 1 aliphatic heterocycles. The molecule has 1 atom stereocenters. The number of anilines is 1. The second-order valence-electron chi connectivity index (χ2n) is 6.38. The normalized spacial score (nSPS) is 17.8. The van der Waals surface area contributed by atoms with E-state index in [-0.39, 0.29) is 22.8 Å². The monoisotopic (exact) mass is 418 g/mol. The second-order valence-corrected chi connectivity index (χ2v) is 7.92. The molecule has 0 bridgehead atoms. The van der Waals surface area contributed by atoms with Gasteiger partial charge in [0.1, 0.15) is 5.69 Å². The van der Waals surface area contributed by atoms with E-state index in [4.69, 9.17) is 0 Å². The molecule has 0 spiro atoms. The molecule has 1 saturated heterocycles. The predicted octanol–water partition coefficient (Wildman–Crippen LogP) is 3.24. The van der Waals surface area contributed by atoms with Crippen LogP contribution in [0.1, 0.15) is 30.1 Å². The Balaban J connectivity index is 2.16. The van der Waals surface area contributed by atoms with Gasteiger partial charge in [-0.15, -0.1) is 0 Å². The molecule has 7 nitrogen and oxygen atoms in total. The van der Waals surface area contributed by atoms with Gasteiger partial charge in [-0.2, -0.15) is 21.6 Å². The summed E-state index contributed by atoms with van der Waals surface area (Å²) in [6, 6.07) is 5.66. The van der Waals surface area contributed by atoms with Gasteiger partial charge >= 0.3 is 21.6 Å². The van der Waals surface area contributed by atoms with Crippen molar-refractivity contribution in [2.75, 3.05) is 18.6 Å². The predicted molar refractivity (Wildman–Crippen MR) is 94.7 cm³/mol. The summed E-state index contributed by atoms with van der Waals surface area (Å²) in [5.74, 6) is -1.23. The third kappa shape index (κ3) is 3.71. The number of methoxy groups -OCH3 is 1. The Bertz CT molecular complexity index is 1020. The lowest BCUT2D eigenvalue weighted by Crippen LogP contribution is -2.31. The zero-order valence-electron chi connectivity index (χ0n) is 15.0. The first-order chi connectivity index (χ1) is 13.0. The third-order valence-electron chi connectivity index (χ3n) is 4.52. The van der Waals surface area contributed by atoms with Crippen molar-refractivity contribution in [3.8, 4) is 5.88 Å². The maximum absolute atomic E-state index is 12.8. The molecular weight excluding hydrogens is 401 g/mol. The number of hydrogen-bond donors (Lipinski definition) is 0. The number of hydrogen-bond acceptors (Lipinski definition) is 7. The van der Waals surface area contributed by atoms with E-state index in [1.807, 2.05) is 6.92 Å².